The van der Waals surface area contributed by atoms with Gasteiger partial charge in [0.15, 0.2) is 0 Å². The molecule has 5 nitrogen and oxygen atoms in total. The van der Waals surface area contributed by atoms with Gasteiger partial charge in [-0.05, 0) is 32.4 Å². The van der Waals surface area contributed by atoms with Crippen LogP contribution in [-0.2, 0) is 12.6 Å². The Morgan fingerprint density at radius 3 is 2.54 bits per heavy atom. The number of aromatic nitrogens is 2. The molecule has 1 amide bonds. The Morgan fingerprint density at radius 1 is 1.33 bits per heavy atom. The van der Waals surface area contributed by atoms with Crippen LogP contribution in [-0.4, -0.2) is 32.5 Å². The number of alkyl halides is 3. The number of fused-ring (bicyclic) bond motifs is 1. The Hall–Kier alpha value is -2.09. The van der Waals surface area contributed by atoms with Gasteiger partial charge in [0.2, 0.25) is 0 Å². The van der Waals surface area contributed by atoms with Crippen LogP contribution in [0.3, 0.4) is 0 Å². The van der Waals surface area contributed by atoms with Crippen molar-refractivity contribution in [3.05, 3.63) is 35.3 Å². The second kappa shape index (κ2) is 6.43. The number of hydrogen-bond donors (Lipinski definition) is 2. The lowest BCUT2D eigenvalue weighted by Crippen LogP contribution is -2.46. The van der Waals surface area contributed by atoms with E-state index in [0.29, 0.717) is 18.5 Å². The lowest BCUT2D eigenvalue weighted by atomic mass is 10.1. The molecule has 0 aliphatic carbocycles. The Morgan fingerprint density at radius 2 is 2.00 bits per heavy atom. The molecular formula is C16H20F3N3O2. The number of aryl methyl sites for hydroxylation is 1. The summed E-state index contributed by atoms with van der Waals surface area (Å²) in [6, 6.07) is 2.19. The number of carbonyl (C=O) groups excluding carboxylic acids is 1. The van der Waals surface area contributed by atoms with Crippen LogP contribution in [0.25, 0.3) is 5.65 Å². The van der Waals surface area contributed by atoms with Gasteiger partial charge in [-0.2, -0.15) is 13.2 Å². The molecule has 8 heteroatoms. The van der Waals surface area contributed by atoms with Gasteiger partial charge in [-0.1, -0.05) is 13.3 Å². The van der Waals surface area contributed by atoms with Crippen molar-refractivity contribution in [3.8, 4) is 0 Å². The summed E-state index contributed by atoms with van der Waals surface area (Å²) < 4.78 is 40.0. The number of imidazole rings is 1. The van der Waals surface area contributed by atoms with Crippen molar-refractivity contribution in [2.24, 2.45) is 0 Å². The topological polar surface area (TPSA) is 66.6 Å². The third-order valence-electron chi connectivity index (χ3n) is 3.57. The molecule has 0 aliphatic heterocycles. The van der Waals surface area contributed by atoms with Crippen LogP contribution in [0.15, 0.2) is 18.3 Å². The SMILES string of the molecule is CCCc1nc2ccc(C(F)(F)F)cn2c1C(=O)NC(C)(C)CO. The molecule has 24 heavy (non-hydrogen) atoms. The number of rotatable bonds is 5. The highest BCUT2D eigenvalue weighted by Gasteiger charge is 2.32. The number of aliphatic hydroxyl groups is 1. The van der Waals surface area contributed by atoms with E-state index in [9.17, 15) is 23.1 Å². The Bertz CT molecular complexity index is 751. The monoisotopic (exact) mass is 343 g/mol. The summed E-state index contributed by atoms with van der Waals surface area (Å²) in [4.78, 5) is 16.9. The Labute approximate surface area is 137 Å². The molecular weight excluding hydrogens is 323 g/mol. The zero-order valence-corrected chi connectivity index (χ0v) is 13.7. The number of amides is 1. The predicted octanol–water partition coefficient (Wildman–Crippen LogP) is 2.81. The van der Waals surface area contributed by atoms with Crippen LogP contribution >= 0.6 is 0 Å². The first-order chi connectivity index (χ1) is 11.1. The molecule has 2 rings (SSSR count). The summed E-state index contributed by atoms with van der Waals surface area (Å²) in [6.07, 6.45) is -2.48. The van der Waals surface area contributed by atoms with Crippen molar-refractivity contribution in [2.75, 3.05) is 6.61 Å². The molecule has 0 spiro atoms. The highest BCUT2D eigenvalue weighted by atomic mass is 19.4. The maximum Gasteiger partial charge on any atom is 0.417 e. The van der Waals surface area contributed by atoms with Gasteiger partial charge >= 0.3 is 6.18 Å². The highest BCUT2D eigenvalue weighted by molar-refractivity contribution is 5.95. The van der Waals surface area contributed by atoms with Gasteiger partial charge in [0, 0.05) is 6.20 Å². The van der Waals surface area contributed by atoms with E-state index in [1.54, 1.807) is 13.8 Å². The van der Waals surface area contributed by atoms with Gasteiger partial charge in [0.25, 0.3) is 5.91 Å². The van der Waals surface area contributed by atoms with Gasteiger partial charge in [-0.25, -0.2) is 4.98 Å². The lowest BCUT2D eigenvalue weighted by Gasteiger charge is -2.23. The van der Waals surface area contributed by atoms with E-state index in [2.05, 4.69) is 10.3 Å². The van der Waals surface area contributed by atoms with Crippen molar-refractivity contribution in [2.45, 2.75) is 45.3 Å². The third-order valence-corrected chi connectivity index (χ3v) is 3.57. The second-order valence-electron chi connectivity index (χ2n) is 6.30. The molecule has 2 aromatic rings. The average molecular weight is 343 g/mol. The van der Waals surface area contributed by atoms with E-state index in [-0.39, 0.29) is 17.9 Å². The van der Waals surface area contributed by atoms with Crippen molar-refractivity contribution >= 4 is 11.6 Å². The van der Waals surface area contributed by atoms with Crippen LogP contribution in [0.4, 0.5) is 13.2 Å². The normalized spacial score (nSPS) is 12.6. The first-order valence-electron chi connectivity index (χ1n) is 7.60. The Balaban J connectivity index is 2.59. The van der Waals surface area contributed by atoms with Crippen LogP contribution in [0.1, 0.15) is 48.9 Å². The zero-order chi connectivity index (χ0) is 18.1. The Kier molecular flexibility index (Phi) is 4.89. The summed E-state index contributed by atoms with van der Waals surface area (Å²) >= 11 is 0. The molecule has 0 aromatic carbocycles. The smallest absolute Gasteiger partial charge is 0.394 e. The van der Waals surface area contributed by atoms with E-state index in [1.807, 2.05) is 6.92 Å². The molecule has 0 aliphatic rings. The number of aliphatic hydroxyl groups excluding tert-OH is 1. The van der Waals surface area contributed by atoms with Gasteiger partial charge in [-0.15, -0.1) is 0 Å². The summed E-state index contributed by atoms with van der Waals surface area (Å²) in [6.45, 7) is 4.83. The molecule has 0 unspecified atom stereocenters. The predicted molar refractivity (Wildman–Crippen MR) is 82.8 cm³/mol. The second-order valence-corrected chi connectivity index (χ2v) is 6.30. The van der Waals surface area contributed by atoms with Crippen LogP contribution in [0.2, 0.25) is 0 Å². The molecule has 0 bridgehead atoms. The van der Waals surface area contributed by atoms with E-state index in [1.165, 1.54) is 6.07 Å². The largest absolute Gasteiger partial charge is 0.417 e. The van der Waals surface area contributed by atoms with Crippen molar-refractivity contribution in [1.82, 2.24) is 14.7 Å². The first-order valence-corrected chi connectivity index (χ1v) is 7.60. The van der Waals surface area contributed by atoms with Crippen LogP contribution < -0.4 is 5.32 Å². The summed E-state index contributed by atoms with van der Waals surface area (Å²) in [5.41, 5.74) is -0.973. The number of nitrogens with one attached hydrogen (secondary N) is 1. The molecule has 0 atom stereocenters. The fraction of sp³-hybridized carbons (Fsp3) is 0.500. The fourth-order valence-corrected chi connectivity index (χ4v) is 2.32. The quantitative estimate of drug-likeness (QED) is 0.877. The van der Waals surface area contributed by atoms with Gasteiger partial charge in [0.05, 0.1) is 23.4 Å². The number of halogens is 3. The standard InChI is InChI=1S/C16H20F3N3O2/c1-4-5-11-13(14(24)21-15(2,3)9-23)22-8-10(16(17,18)19)6-7-12(22)20-11/h6-8,23H,4-5,9H2,1-3H3,(H,21,24). The number of hydrogen-bond acceptors (Lipinski definition) is 3. The van der Waals surface area contributed by atoms with E-state index >= 15 is 0 Å². The van der Waals surface area contributed by atoms with Gasteiger partial charge in [0.1, 0.15) is 11.3 Å². The maximum atomic E-state index is 13.0. The molecule has 132 valence electrons. The maximum absolute atomic E-state index is 13.0. The minimum Gasteiger partial charge on any atom is -0.394 e. The molecule has 2 heterocycles. The van der Waals surface area contributed by atoms with E-state index in [4.69, 9.17) is 0 Å². The zero-order valence-electron chi connectivity index (χ0n) is 13.7. The third kappa shape index (κ3) is 3.69. The van der Waals surface area contributed by atoms with Crippen LogP contribution in [0, 0.1) is 0 Å². The highest BCUT2D eigenvalue weighted by Crippen LogP contribution is 2.30. The summed E-state index contributed by atoms with van der Waals surface area (Å²) in [5, 5.41) is 11.9. The minimum absolute atomic E-state index is 0.0690. The molecule has 2 aromatic heterocycles. The number of pyridine rings is 1. The van der Waals surface area contributed by atoms with Gasteiger partial charge in [-0.3, -0.25) is 9.20 Å². The first kappa shape index (κ1) is 18.3. The fourth-order valence-electron chi connectivity index (χ4n) is 2.32. The molecule has 0 radical (unpaired) electrons. The van der Waals surface area contributed by atoms with E-state index in [0.717, 1.165) is 16.7 Å². The molecule has 0 saturated heterocycles. The molecule has 0 saturated carbocycles. The van der Waals surface area contributed by atoms with E-state index < -0.39 is 23.2 Å². The number of nitrogens with zero attached hydrogens (tertiary/aromatic N) is 2. The van der Waals surface area contributed by atoms with Gasteiger partial charge < -0.3 is 10.4 Å². The molecule has 0 fully saturated rings. The summed E-state index contributed by atoms with van der Waals surface area (Å²) in [5.74, 6) is -0.565. The summed E-state index contributed by atoms with van der Waals surface area (Å²) in [7, 11) is 0. The number of carbonyl (C=O) groups is 1. The average Bonchev–Trinajstić information content (AvgIpc) is 2.83. The lowest BCUT2D eigenvalue weighted by molar-refractivity contribution is -0.137. The van der Waals surface area contributed by atoms with Crippen molar-refractivity contribution < 1.29 is 23.1 Å². The van der Waals surface area contributed by atoms with Crippen molar-refractivity contribution in [3.63, 3.8) is 0 Å². The van der Waals surface area contributed by atoms with Crippen LogP contribution in [0.5, 0.6) is 0 Å². The minimum atomic E-state index is -4.51. The molecule has 2 N–H and O–H groups in total. The van der Waals surface area contributed by atoms with Crippen molar-refractivity contribution in [1.29, 1.82) is 0 Å².